The molecular weight excluding hydrogens is 188 g/mol. The summed E-state index contributed by atoms with van der Waals surface area (Å²) in [7, 11) is 0. The number of carbonyl (C=O) groups is 1. The van der Waals surface area contributed by atoms with Crippen LogP contribution in [0.2, 0.25) is 0 Å². The average Bonchev–Trinajstić information content (AvgIpc) is 2.11. The van der Waals surface area contributed by atoms with Gasteiger partial charge in [-0.3, -0.25) is 4.79 Å². The normalized spacial score (nSPS) is 11.2. The quantitative estimate of drug-likeness (QED) is 0.681. The fraction of sp³-hybridized carbons (Fsp3) is 0.750. The van der Waals surface area contributed by atoms with Crippen molar-refractivity contribution in [2.45, 2.75) is 39.7 Å². The minimum absolute atomic E-state index is 0.0791. The van der Waals surface area contributed by atoms with Gasteiger partial charge in [0, 0.05) is 31.6 Å². The van der Waals surface area contributed by atoms with Crippen LogP contribution >= 0.6 is 0 Å². The van der Waals surface area contributed by atoms with Gasteiger partial charge in [-0.05, 0) is 27.7 Å². The van der Waals surface area contributed by atoms with Crippen molar-refractivity contribution in [1.29, 1.82) is 0 Å². The maximum atomic E-state index is 11.7. The van der Waals surface area contributed by atoms with Gasteiger partial charge in [0.1, 0.15) is 0 Å². The Hall–Kier alpha value is -0.830. The molecule has 1 N–H and O–H groups in total. The van der Waals surface area contributed by atoms with E-state index in [1.807, 2.05) is 6.92 Å². The van der Waals surface area contributed by atoms with Gasteiger partial charge in [-0.25, -0.2) is 0 Å². The Bertz CT molecular complexity index is 206. The number of rotatable bonds is 6. The van der Waals surface area contributed by atoms with E-state index in [1.54, 1.807) is 11.0 Å². The first-order valence-corrected chi connectivity index (χ1v) is 5.54. The summed E-state index contributed by atoms with van der Waals surface area (Å²) >= 11 is 0. The van der Waals surface area contributed by atoms with E-state index < -0.39 is 0 Å². The van der Waals surface area contributed by atoms with Gasteiger partial charge in [0.15, 0.2) is 0 Å². The van der Waals surface area contributed by atoms with Crippen LogP contribution in [0.4, 0.5) is 0 Å². The number of nitrogens with zero attached hydrogens (tertiary/aromatic N) is 1. The summed E-state index contributed by atoms with van der Waals surface area (Å²) in [6.07, 6.45) is 2.32. The fourth-order valence-electron chi connectivity index (χ4n) is 1.27. The summed E-state index contributed by atoms with van der Waals surface area (Å²) in [5.74, 6) is 0.189. The van der Waals surface area contributed by atoms with E-state index in [1.165, 1.54) is 0 Å². The lowest BCUT2D eigenvalue weighted by Gasteiger charge is -2.23. The van der Waals surface area contributed by atoms with Crippen LogP contribution in [-0.2, 0) is 4.79 Å². The van der Waals surface area contributed by atoms with Gasteiger partial charge < -0.3 is 10.2 Å². The number of carbonyl (C=O) groups excluding carboxylic acids is 1. The molecule has 0 aromatic carbocycles. The van der Waals surface area contributed by atoms with Gasteiger partial charge in [0.25, 0.3) is 0 Å². The molecule has 0 saturated heterocycles. The number of hydrogen-bond donors (Lipinski definition) is 1. The van der Waals surface area contributed by atoms with Crippen molar-refractivity contribution in [2.75, 3.05) is 19.6 Å². The number of likely N-dealkylation sites (N-methyl/N-ethyl adjacent to an activating group) is 1. The van der Waals surface area contributed by atoms with Crippen molar-refractivity contribution in [3.05, 3.63) is 12.7 Å². The molecule has 0 bridgehead atoms. The van der Waals surface area contributed by atoms with Crippen molar-refractivity contribution in [2.24, 2.45) is 0 Å². The molecule has 0 rings (SSSR count). The van der Waals surface area contributed by atoms with E-state index in [9.17, 15) is 4.79 Å². The third kappa shape index (κ3) is 7.14. The number of amides is 1. The molecule has 0 aromatic heterocycles. The van der Waals surface area contributed by atoms with Gasteiger partial charge in [0.05, 0.1) is 0 Å². The van der Waals surface area contributed by atoms with Crippen molar-refractivity contribution < 1.29 is 4.79 Å². The van der Waals surface area contributed by atoms with E-state index in [0.717, 1.165) is 13.1 Å². The second-order valence-corrected chi connectivity index (χ2v) is 4.65. The SMILES string of the molecule is C=CCN(CC)C(=O)CCNC(C)(C)C. The van der Waals surface area contributed by atoms with Gasteiger partial charge in [-0.15, -0.1) is 6.58 Å². The summed E-state index contributed by atoms with van der Waals surface area (Å²) in [5, 5.41) is 3.30. The molecule has 88 valence electrons. The van der Waals surface area contributed by atoms with Gasteiger partial charge in [-0.1, -0.05) is 6.08 Å². The second kappa shape index (κ2) is 6.62. The molecule has 0 heterocycles. The predicted octanol–water partition coefficient (Wildman–Crippen LogP) is 1.80. The zero-order valence-electron chi connectivity index (χ0n) is 10.5. The molecule has 0 saturated carbocycles. The lowest BCUT2D eigenvalue weighted by molar-refractivity contribution is -0.130. The van der Waals surface area contributed by atoms with Crippen LogP contribution in [0, 0.1) is 0 Å². The van der Waals surface area contributed by atoms with Gasteiger partial charge in [0.2, 0.25) is 5.91 Å². The first-order valence-electron chi connectivity index (χ1n) is 5.54. The van der Waals surface area contributed by atoms with E-state index in [4.69, 9.17) is 0 Å². The molecule has 0 aromatic rings. The highest BCUT2D eigenvalue weighted by atomic mass is 16.2. The Morgan fingerprint density at radius 2 is 2.07 bits per heavy atom. The largest absolute Gasteiger partial charge is 0.339 e. The fourth-order valence-corrected chi connectivity index (χ4v) is 1.27. The molecule has 15 heavy (non-hydrogen) atoms. The van der Waals surface area contributed by atoms with Crippen molar-refractivity contribution in [3.63, 3.8) is 0 Å². The van der Waals surface area contributed by atoms with Gasteiger partial charge in [-0.2, -0.15) is 0 Å². The minimum atomic E-state index is 0.0791. The lowest BCUT2D eigenvalue weighted by Crippen LogP contribution is -2.39. The highest BCUT2D eigenvalue weighted by Gasteiger charge is 2.12. The predicted molar refractivity (Wildman–Crippen MR) is 64.8 cm³/mol. The van der Waals surface area contributed by atoms with E-state index in [-0.39, 0.29) is 11.4 Å². The zero-order valence-corrected chi connectivity index (χ0v) is 10.5. The van der Waals surface area contributed by atoms with Crippen LogP contribution in [0.3, 0.4) is 0 Å². The van der Waals surface area contributed by atoms with Crippen LogP contribution in [0.25, 0.3) is 0 Å². The molecule has 3 heteroatoms. The summed E-state index contributed by atoms with van der Waals surface area (Å²) in [6.45, 7) is 14.0. The summed E-state index contributed by atoms with van der Waals surface area (Å²) < 4.78 is 0. The Morgan fingerprint density at radius 3 is 2.47 bits per heavy atom. The van der Waals surface area contributed by atoms with Crippen molar-refractivity contribution >= 4 is 5.91 Å². The molecule has 0 unspecified atom stereocenters. The molecule has 3 nitrogen and oxygen atoms in total. The maximum Gasteiger partial charge on any atom is 0.224 e. The van der Waals surface area contributed by atoms with Crippen molar-refractivity contribution in [1.82, 2.24) is 10.2 Å². The lowest BCUT2D eigenvalue weighted by atomic mass is 10.1. The third-order valence-corrected chi connectivity index (χ3v) is 2.08. The maximum absolute atomic E-state index is 11.7. The molecule has 0 aliphatic rings. The molecule has 0 aliphatic heterocycles. The third-order valence-electron chi connectivity index (χ3n) is 2.08. The molecule has 0 aliphatic carbocycles. The molecule has 0 radical (unpaired) electrons. The van der Waals surface area contributed by atoms with Crippen LogP contribution < -0.4 is 5.32 Å². The van der Waals surface area contributed by atoms with E-state index in [2.05, 4.69) is 32.7 Å². The van der Waals surface area contributed by atoms with Crippen LogP contribution in [0.1, 0.15) is 34.1 Å². The van der Waals surface area contributed by atoms with Crippen LogP contribution in [-0.4, -0.2) is 36.0 Å². The smallest absolute Gasteiger partial charge is 0.224 e. The van der Waals surface area contributed by atoms with Crippen LogP contribution in [0.15, 0.2) is 12.7 Å². The topological polar surface area (TPSA) is 32.3 Å². The average molecular weight is 212 g/mol. The Morgan fingerprint density at radius 1 is 1.47 bits per heavy atom. The standard InChI is InChI=1S/C12H24N2O/c1-6-10-14(7-2)11(15)8-9-13-12(3,4)5/h6,13H,1,7-10H2,2-5H3. The van der Waals surface area contributed by atoms with Crippen molar-refractivity contribution in [3.8, 4) is 0 Å². The Kier molecular flexibility index (Phi) is 6.25. The summed E-state index contributed by atoms with van der Waals surface area (Å²) in [5.41, 5.74) is 0.0791. The minimum Gasteiger partial charge on any atom is -0.339 e. The monoisotopic (exact) mass is 212 g/mol. The molecular formula is C12H24N2O. The zero-order chi connectivity index (χ0) is 11.9. The number of nitrogens with one attached hydrogen (secondary N) is 1. The molecule has 0 spiro atoms. The summed E-state index contributed by atoms with van der Waals surface area (Å²) in [6, 6.07) is 0. The number of hydrogen-bond acceptors (Lipinski definition) is 2. The Balaban J connectivity index is 3.86. The van der Waals surface area contributed by atoms with E-state index in [0.29, 0.717) is 13.0 Å². The van der Waals surface area contributed by atoms with E-state index >= 15 is 0 Å². The first-order chi connectivity index (χ1) is 6.90. The molecule has 0 fully saturated rings. The second-order valence-electron chi connectivity index (χ2n) is 4.65. The Labute approximate surface area is 93.5 Å². The molecule has 0 atom stereocenters. The van der Waals surface area contributed by atoms with Gasteiger partial charge >= 0.3 is 0 Å². The highest BCUT2D eigenvalue weighted by molar-refractivity contribution is 5.76. The first kappa shape index (κ1) is 14.2. The highest BCUT2D eigenvalue weighted by Crippen LogP contribution is 1.99. The van der Waals surface area contributed by atoms with Crippen LogP contribution in [0.5, 0.6) is 0 Å². The molecule has 1 amide bonds. The summed E-state index contributed by atoms with van der Waals surface area (Å²) in [4.78, 5) is 13.5.